The Kier molecular flexibility index (Phi) is 7.06. The molecule has 1 fully saturated rings. The molecule has 2 aromatic heterocycles. The quantitative estimate of drug-likeness (QED) is 0.540. The Hall–Kier alpha value is -3.33. The van der Waals surface area contributed by atoms with Crippen molar-refractivity contribution in [2.75, 3.05) is 26.2 Å². The number of aromatic nitrogens is 4. The second-order valence-electron chi connectivity index (χ2n) is 8.25. The van der Waals surface area contributed by atoms with Crippen LogP contribution in [0, 0.1) is 5.92 Å². The molecule has 9 nitrogen and oxygen atoms in total. The van der Waals surface area contributed by atoms with Crippen molar-refractivity contribution in [1.29, 1.82) is 0 Å². The third kappa shape index (κ3) is 5.67. The van der Waals surface area contributed by atoms with Crippen molar-refractivity contribution in [3.05, 3.63) is 64.5 Å². The van der Waals surface area contributed by atoms with Gasteiger partial charge in [0.25, 0.3) is 5.56 Å². The van der Waals surface area contributed by atoms with E-state index in [1.165, 1.54) is 23.6 Å². The summed E-state index contributed by atoms with van der Waals surface area (Å²) in [5, 5.41) is 11.0. The lowest BCUT2D eigenvalue weighted by atomic mass is 10.0. The lowest BCUT2D eigenvalue weighted by molar-refractivity contribution is 0.0906. The highest BCUT2D eigenvalue weighted by Gasteiger charge is 2.18. The number of hydrogen-bond acceptors (Lipinski definition) is 7. The predicted octanol–water partition coefficient (Wildman–Crippen LogP) is 2.19. The molecule has 0 unspecified atom stereocenters. The molecule has 168 valence electrons. The minimum absolute atomic E-state index is 0.0173. The van der Waals surface area contributed by atoms with Gasteiger partial charge in [0.15, 0.2) is 5.82 Å². The van der Waals surface area contributed by atoms with Crippen LogP contribution in [0.15, 0.2) is 51.8 Å². The third-order valence-corrected chi connectivity index (χ3v) is 5.57. The molecule has 1 amide bonds. The molecule has 9 heteroatoms. The molecule has 1 atom stereocenters. The van der Waals surface area contributed by atoms with Crippen LogP contribution >= 0.6 is 0 Å². The molecule has 1 saturated heterocycles. The number of rotatable bonds is 8. The summed E-state index contributed by atoms with van der Waals surface area (Å²) in [7, 11) is 0. The molecule has 0 aliphatic carbocycles. The van der Waals surface area contributed by atoms with E-state index in [0.29, 0.717) is 12.2 Å². The first kappa shape index (κ1) is 21.9. The summed E-state index contributed by atoms with van der Waals surface area (Å²) in [4.78, 5) is 31.1. The fourth-order valence-corrected chi connectivity index (χ4v) is 3.94. The van der Waals surface area contributed by atoms with E-state index in [2.05, 4.69) is 32.4 Å². The number of benzene rings is 1. The molecule has 1 N–H and O–H groups in total. The summed E-state index contributed by atoms with van der Waals surface area (Å²) >= 11 is 0. The van der Waals surface area contributed by atoms with Crippen LogP contribution in [-0.4, -0.2) is 56.9 Å². The number of nitrogens with one attached hydrogen (secondary N) is 1. The van der Waals surface area contributed by atoms with E-state index in [9.17, 15) is 9.59 Å². The molecular formula is C23H28N6O3. The Bertz CT molecular complexity index is 1090. The van der Waals surface area contributed by atoms with Gasteiger partial charge in [-0.2, -0.15) is 10.1 Å². The summed E-state index contributed by atoms with van der Waals surface area (Å²) in [6, 6.07) is 12.7. The van der Waals surface area contributed by atoms with Crippen LogP contribution in [0.4, 0.5) is 0 Å². The SMILES string of the molecule is C[C@@H]1CCCN(CCCNC(=O)c2nc(Cn3nc(-c4ccccc4)ccc3=O)no2)C1. The van der Waals surface area contributed by atoms with Gasteiger partial charge in [-0.05, 0) is 44.3 Å². The Balaban J connectivity index is 1.31. The van der Waals surface area contributed by atoms with Gasteiger partial charge in [0.05, 0.1) is 5.69 Å². The van der Waals surface area contributed by atoms with Crippen LogP contribution in [0.25, 0.3) is 11.3 Å². The zero-order chi connectivity index (χ0) is 22.3. The molecule has 32 heavy (non-hydrogen) atoms. The lowest BCUT2D eigenvalue weighted by Crippen LogP contribution is -2.36. The fraction of sp³-hybridized carbons (Fsp3) is 0.435. The van der Waals surface area contributed by atoms with E-state index in [-0.39, 0.29) is 23.8 Å². The highest BCUT2D eigenvalue weighted by atomic mass is 16.5. The van der Waals surface area contributed by atoms with Gasteiger partial charge in [0.1, 0.15) is 6.54 Å². The van der Waals surface area contributed by atoms with E-state index >= 15 is 0 Å². The maximum Gasteiger partial charge on any atom is 0.316 e. The molecule has 1 aliphatic rings. The van der Waals surface area contributed by atoms with E-state index in [1.807, 2.05) is 30.3 Å². The van der Waals surface area contributed by atoms with Crippen molar-refractivity contribution in [3.63, 3.8) is 0 Å². The monoisotopic (exact) mass is 436 g/mol. The van der Waals surface area contributed by atoms with Crippen molar-refractivity contribution >= 4 is 5.91 Å². The van der Waals surface area contributed by atoms with E-state index in [4.69, 9.17) is 4.52 Å². The Labute approximate surface area is 186 Å². The van der Waals surface area contributed by atoms with Crippen LogP contribution in [0.1, 0.15) is 42.7 Å². The number of likely N-dealkylation sites (tertiary alicyclic amines) is 1. The van der Waals surface area contributed by atoms with Crippen LogP contribution in [0.2, 0.25) is 0 Å². The summed E-state index contributed by atoms with van der Waals surface area (Å²) < 4.78 is 6.35. The summed E-state index contributed by atoms with van der Waals surface area (Å²) in [6.45, 7) is 6.06. The van der Waals surface area contributed by atoms with Crippen molar-refractivity contribution < 1.29 is 9.32 Å². The largest absolute Gasteiger partial charge is 0.348 e. The van der Waals surface area contributed by atoms with E-state index in [0.717, 1.165) is 37.5 Å². The molecule has 0 radical (unpaired) electrons. The summed E-state index contributed by atoms with van der Waals surface area (Å²) in [5.74, 6) is 0.441. The van der Waals surface area contributed by atoms with Crippen molar-refractivity contribution in [2.24, 2.45) is 5.92 Å². The Morgan fingerprint density at radius 1 is 1.22 bits per heavy atom. The van der Waals surface area contributed by atoms with E-state index in [1.54, 1.807) is 6.07 Å². The van der Waals surface area contributed by atoms with Gasteiger partial charge in [0, 0.05) is 24.7 Å². The first-order valence-corrected chi connectivity index (χ1v) is 11.1. The van der Waals surface area contributed by atoms with Crippen molar-refractivity contribution in [3.8, 4) is 11.3 Å². The standard InChI is InChI=1S/C23H28N6O3/c1-17-7-5-13-28(15-17)14-6-12-24-22(31)23-25-20(27-32-23)16-29-21(30)11-10-19(26-29)18-8-3-2-4-9-18/h2-4,8-11,17H,5-7,12-16H2,1H3,(H,24,31)/t17-/m1/s1. The zero-order valence-corrected chi connectivity index (χ0v) is 18.2. The van der Waals surface area contributed by atoms with Crippen LogP contribution in [-0.2, 0) is 6.54 Å². The minimum atomic E-state index is -0.408. The average molecular weight is 437 g/mol. The first-order chi connectivity index (χ1) is 15.6. The first-order valence-electron chi connectivity index (χ1n) is 11.1. The fourth-order valence-electron chi connectivity index (χ4n) is 3.94. The number of nitrogens with zero attached hydrogens (tertiary/aromatic N) is 5. The summed E-state index contributed by atoms with van der Waals surface area (Å²) in [6.07, 6.45) is 3.40. The highest BCUT2D eigenvalue weighted by molar-refractivity contribution is 5.89. The third-order valence-electron chi connectivity index (χ3n) is 5.57. The molecule has 0 spiro atoms. The van der Waals surface area contributed by atoms with Crippen LogP contribution in [0.3, 0.4) is 0 Å². The van der Waals surface area contributed by atoms with Gasteiger partial charge in [-0.15, -0.1) is 0 Å². The Morgan fingerprint density at radius 3 is 2.88 bits per heavy atom. The number of amides is 1. The van der Waals surface area contributed by atoms with Crippen LogP contribution in [0.5, 0.6) is 0 Å². The summed E-state index contributed by atoms with van der Waals surface area (Å²) in [5.41, 5.74) is 1.27. The zero-order valence-electron chi connectivity index (χ0n) is 18.2. The molecule has 1 aromatic carbocycles. The van der Waals surface area contributed by atoms with Crippen molar-refractivity contribution in [1.82, 2.24) is 30.1 Å². The topological polar surface area (TPSA) is 106 Å². The molecule has 1 aliphatic heterocycles. The number of hydrogen-bond donors (Lipinski definition) is 1. The maximum absolute atomic E-state index is 12.3. The van der Waals surface area contributed by atoms with Gasteiger partial charge >= 0.3 is 11.8 Å². The predicted molar refractivity (Wildman–Crippen MR) is 119 cm³/mol. The smallest absolute Gasteiger partial charge is 0.316 e. The number of piperidine rings is 1. The van der Waals surface area contributed by atoms with Gasteiger partial charge in [0.2, 0.25) is 0 Å². The van der Waals surface area contributed by atoms with Gasteiger partial charge in [-0.25, -0.2) is 4.68 Å². The normalized spacial score (nSPS) is 16.7. The van der Waals surface area contributed by atoms with Crippen LogP contribution < -0.4 is 10.9 Å². The maximum atomic E-state index is 12.3. The minimum Gasteiger partial charge on any atom is -0.348 e. The molecule has 3 heterocycles. The van der Waals surface area contributed by atoms with Gasteiger partial charge < -0.3 is 14.7 Å². The number of carbonyl (C=O) groups excluding carboxylic acids is 1. The molecule has 3 aromatic rings. The highest BCUT2D eigenvalue weighted by Crippen LogP contribution is 2.15. The lowest BCUT2D eigenvalue weighted by Gasteiger charge is -2.30. The van der Waals surface area contributed by atoms with E-state index < -0.39 is 5.91 Å². The number of carbonyl (C=O) groups is 1. The van der Waals surface area contributed by atoms with Gasteiger partial charge in [-0.3, -0.25) is 9.59 Å². The molecule has 0 bridgehead atoms. The second-order valence-corrected chi connectivity index (χ2v) is 8.25. The average Bonchev–Trinajstić information content (AvgIpc) is 3.27. The van der Waals surface area contributed by atoms with Crippen molar-refractivity contribution in [2.45, 2.75) is 32.7 Å². The Morgan fingerprint density at radius 2 is 2.06 bits per heavy atom. The van der Waals surface area contributed by atoms with Gasteiger partial charge in [-0.1, -0.05) is 42.4 Å². The molecule has 0 saturated carbocycles. The molecule has 4 rings (SSSR count). The molecular weight excluding hydrogens is 408 g/mol. The second kappa shape index (κ2) is 10.3.